The van der Waals surface area contributed by atoms with E-state index in [4.69, 9.17) is 11.6 Å². The maximum absolute atomic E-state index is 11.7. The Kier molecular flexibility index (Phi) is 3.14. The molecule has 0 spiro atoms. The molecular formula is C11H8ClNOS. The van der Waals surface area contributed by atoms with Gasteiger partial charge in [-0.05, 0) is 24.3 Å². The third-order valence-corrected chi connectivity index (χ3v) is 3.18. The van der Waals surface area contributed by atoms with Crippen LogP contribution < -0.4 is 0 Å². The lowest BCUT2D eigenvalue weighted by Gasteiger charge is -1.97. The molecule has 0 N–H and O–H groups in total. The fraction of sp³-hybridized carbons (Fsp3) is 0.0909. The van der Waals surface area contributed by atoms with Crippen LogP contribution >= 0.6 is 22.9 Å². The summed E-state index contributed by atoms with van der Waals surface area (Å²) >= 11 is 7.22. The Morgan fingerprint density at radius 2 is 2.27 bits per heavy atom. The summed E-state index contributed by atoms with van der Waals surface area (Å²) in [5.74, 6) is 0.0709. The number of aromatic nitrogens is 1. The molecule has 0 unspecified atom stereocenters. The van der Waals surface area contributed by atoms with Crippen molar-refractivity contribution >= 4 is 28.7 Å². The van der Waals surface area contributed by atoms with Gasteiger partial charge in [-0.2, -0.15) is 0 Å². The fourth-order valence-corrected chi connectivity index (χ4v) is 2.32. The Labute approximate surface area is 96.5 Å². The van der Waals surface area contributed by atoms with Gasteiger partial charge in [0.2, 0.25) is 0 Å². The minimum atomic E-state index is 0.0709. The molecule has 0 aliphatic carbocycles. The SMILES string of the molecule is O=C(Cc1ccc(Cl)s1)c1cccnc1. The van der Waals surface area contributed by atoms with E-state index in [1.807, 2.05) is 6.07 Å². The number of rotatable bonds is 3. The molecule has 0 radical (unpaired) electrons. The van der Waals surface area contributed by atoms with E-state index in [1.165, 1.54) is 11.3 Å². The summed E-state index contributed by atoms with van der Waals surface area (Å²) in [4.78, 5) is 16.6. The number of nitrogens with zero attached hydrogens (tertiary/aromatic N) is 1. The quantitative estimate of drug-likeness (QED) is 0.768. The lowest BCUT2D eigenvalue weighted by molar-refractivity contribution is 0.0993. The third kappa shape index (κ3) is 2.64. The zero-order chi connectivity index (χ0) is 10.7. The second kappa shape index (κ2) is 4.55. The van der Waals surface area contributed by atoms with Crippen LogP contribution in [0.2, 0.25) is 4.34 Å². The predicted octanol–water partition coefficient (Wildman–Crippen LogP) is 3.22. The molecule has 0 aromatic carbocycles. The fourth-order valence-electron chi connectivity index (χ4n) is 1.23. The van der Waals surface area contributed by atoms with Crippen LogP contribution in [0.5, 0.6) is 0 Å². The van der Waals surface area contributed by atoms with Gasteiger partial charge in [0.15, 0.2) is 5.78 Å². The molecule has 0 bridgehead atoms. The number of carbonyl (C=O) groups excluding carboxylic acids is 1. The van der Waals surface area contributed by atoms with Crippen molar-refractivity contribution in [2.45, 2.75) is 6.42 Å². The van der Waals surface area contributed by atoms with Gasteiger partial charge in [-0.1, -0.05) is 11.6 Å². The molecule has 2 nitrogen and oxygen atoms in total. The normalized spacial score (nSPS) is 10.2. The van der Waals surface area contributed by atoms with Crippen LogP contribution in [0.4, 0.5) is 0 Å². The van der Waals surface area contributed by atoms with Crippen molar-refractivity contribution in [3.05, 3.63) is 51.4 Å². The van der Waals surface area contributed by atoms with Gasteiger partial charge < -0.3 is 0 Å². The van der Waals surface area contributed by atoms with E-state index < -0.39 is 0 Å². The number of hydrogen-bond acceptors (Lipinski definition) is 3. The Morgan fingerprint density at radius 3 is 2.87 bits per heavy atom. The molecule has 0 fully saturated rings. The second-order valence-corrected chi connectivity index (χ2v) is 4.85. The van der Waals surface area contributed by atoms with Crippen LogP contribution in [-0.4, -0.2) is 10.8 Å². The van der Waals surface area contributed by atoms with Gasteiger partial charge >= 0.3 is 0 Å². The van der Waals surface area contributed by atoms with Gasteiger partial charge in [0.25, 0.3) is 0 Å². The van der Waals surface area contributed by atoms with E-state index in [1.54, 1.807) is 30.6 Å². The summed E-state index contributed by atoms with van der Waals surface area (Å²) < 4.78 is 0.712. The lowest BCUT2D eigenvalue weighted by Crippen LogP contribution is -2.02. The monoisotopic (exact) mass is 237 g/mol. The first kappa shape index (κ1) is 10.3. The molecule has 15 heavy (non-hydrogen) atoms. The van der Waals surface area contributed by atoms with Crippen molar-refractivity contribution in [3.63, 3.8) is 0 Å². The van der Waals surface area contributed by atoms with E-state index in [0.717, 1.165) is 4.88 Å². The van der Waals surface area contributed by atoms with Gasteiger partial charge in [-0.25, -0.2) is 0 Å². The van der Waals surface area contributed by atoms with Gasteiger partial charge in [0.05, 0.1) is 4.34 Å². The van der Waals surface area contributed by atoms with E-state index in [2.05, 4.69) is 4.98 Å². The minimum absolute atomic E-state index is 0.0709. The molecule has 0 saturated heterocycles. The molecule has 0 atom stereocenters. The number of carbonyl (C=O) groups is 1. The summed E-state index contributed by atoms with van der Waals surface area (Å²) in [5.41, 5.74) is 0.641. The van der Waals surface area contributed by atoms with E-state index in [0.29, 0.717) is 16.3 Å². The number of ketones is 1. The van der Waals surface area contributed by atoms with Gasteiger partial charge in [0, 0.05) is 29.3 Å². The van der Waals surface area contributed by atoms with Crippen molar-refractivity contribution < 1.29 is 4.79 Å². The third-order valence-electron chi connectivity index (χ3n) is 1.95. The maximum Gasteiger partial charge on any atom is 0.169 e. The average molecular weight is 238 g/mol. The van der Waals surface area contributed by atoms with Crippen LogP contribution in [0.25, 0.3) is 0 Å². The number of pyridine rings is 1. The highest BCUT2D eigenvalue weighted by Gasteiger charge is 2.08. The average Bonchev–Trinajstić information content (AvgIpc) is 2.65. The highest BCUT2D eigenvalue weighted by molar-refractivity contribution is 7.16. The summed E-state index contributed by atoms with van der Waals surface area (Å²) in [6, 6.07) is 7.21. The summed E-state index contributed by atoms with van der Waals surface area (Å²) in [5, 5.41) is 0. The van der Waals surface area contributed by atoms with Crippen molar-refractivity contribution in [1.29, 1.82) is 0 Å². The molecule has 2 heterocycles. The van der Waals surface area contributed by atoms with Crippen molar-refractivity contribution in [2.24, 2.45) is 0 Å². The zero-order valence-electron chi connectivity index (χ0n) is 7.81. The van der Waals surface area contributed by atoms with Crippen LogP contribution in [0.3, 0.4) is 0 Å². The van der Waals surface area contributed by atoms with Gasteiger partial charge in [-0.15, -0.1) is 11.3 Å². The van der Waals surface area contributed by atoms with Crippen LogP contribution in [0.1, 0.15) is 15.2 Å². The standard InChI is InChI=1S/C11H8ClNOS/c12-11-4-3-9(15-11)6-10(14)8-2-1-5-13-7-8/h1-5,7H,6H2. The summed E-state index contributed by atoms with van der Waals surface area (Å²) in [7, 11) is 0. The zero-order valence-corrected chi connectivity index (χ0v) is 9.39. The van der Waals surface area contributed by atoms with Crippen molar-refractivity contribution in [2.75, 3.05) is 0 Å². The smallest absolute Gasteiger partial charge is 0.169 e. The van der Waals surface area contributed by atoms with E-state index in [-0.39, 0.29) is 5.78 Å². The molecule has 0 amide bonds. The number of hydrogen-bond donors (Lipinski definition) is 0. The highest BCUT2D eigenvalue weighted by atomic mass is 35.5. The molecule has 2 aromatic rings. The molecular weight excluding hydrogens is 230 g/mol. The van der Waals surface area contributed by atoms with Crippen LogP contribution in [0, 0.1) is 0 Å². The van der Waals surface area contributed by atoms with Crippen molar-refractivity contribution in [3.8, 4) is 0 Å². The molecule has 76 valence electrons. The molecule has 2 rings (SSSR count). The lowest BCUT2D eigenvalue weighted by atomic mass is 10.1. The number of thiophene rings is 1. The van der Waals surface area contributed by atoms with Gasteiger partial charge in [-0.3, -0.25) is 9.78 Å². The first-order valence-corrected chi connectivity index (χ1v) is 5.62. The molecule has 0 aliphatic rings. The number of Topliss-reactive ketones (excluding diaryl/α,β-unsaturated/α-hetero) is 1. The van der Waals surface area contributed by atoms with Gasteiger partial charge in [0.1, 0.15) is 0 Å². The maximum atomic E-state index is 11.7. The first-order chi connectivity index (χ1) is 7.25. The highest BCUT2D eigenvalue weighted by Crippen LogP contribution is 2.22. The Bertz CT molecular complexity index is 466. The summed E-state index contributed by atoms with van der Waals surface area (Å²) in [6.07, 6.45) is 3.62. The van der Waals surface area contributed by atoms with Crippen LogP contribution in [0.15, 0.2) is 36.7 Å². The Hall–Kier alpha value is -1.19. The van der Waals surface area contributed by atoms with Crippen LogP contribution in [-0.2, 0) is 6.42 Å². The molecule has 2 aromatic heterocycles. The molecule has 0 saturated carbocycles. The molecule has 0 aliphatic heterocycles. The Morgan fingerprint density at radius 1 is 1.40 bits per heavy atom. The first-order valence-electron chi connectivity index (χ1n) is 4.43. The Balaban J connectivity index is 2.11. The summed E-state index contributed by atoms with van der Waals surface area (Å²) in [6.45, 7) is 0. The largest absolute Gasteiger partial charge is 0.294 e. The number of halogens is 1. The topological polar surface area (TPSA) is 30.0 Å². The van der Waals surface area contributed by atoms with E-state index >= 15 is 0 Å². The van der Waals surface area contributed by atoms with Crippen molar-refractivity contribution in [1.82, 2.24) is 4.98 Å². The predicted molar refractivity (Wildman–Crippen MR) is 61.6 cm³/mol. The second-order valence-electron chi connectivity index (χ2n) is 3.05. The minimum Gasteiger partial charge on any atom is -0.294 e. The van der Waals surface area contributed by atoms with E-state index in [9.17, 15) is 4.79 Å². The molecule has 4 heteroatoms.